The molecule has 6 nitrogen and oxygen atoms in total. The SMILES string of the molecule is C[C@H]1CN(CC(=O)Nc2ccnn2Cc2cccs2)[C@@H](C)CO1. The number of amides is 1. The van der Waals surface area contributed by atoms with Crippen molar-refractivity contribution < 1.29 is 9.53 Å². The van der Waals surface area contributed by atoms with Gasteiger partial charge in [0.1, 0.15) is 5.82 Å². The molecule has 1 saturated heterocycles. The zero-order chi connectivity index (χ0) is 16.2. The summed E-state index contributed by atoms with van der Waals surface area (Å²) in [5.74, 6) is 0.719. The van der Waals surface area contributed by atoms with Crippen molar-refractivity contribution in [3.63, 3.8) is 0 Å². The molecule has 3 heterocycles. The molecular formula is C16H22N4O2S. The summed E-state index contributed by atoms with van der Waals surface area (Å²) in [5, 5.41) is 9.30. The van der Waals surface area contributed by atoms with Gasteiger partial charge in [0.25, 0.3) is 0 Å². The van der Waals surface area contributed by atoms with E-state index in [1.54, 1.807) is 17.5 Å². The summed E-state index contributed by atoms with van der Waals surface area (Å²) < 4.78 is 7.41. The van der Waals surface area contributed by atoms with Crippen LogP contribution in [0.4, 0.5) is 5.82 Å². The molecule has 0 saturated carbocycles. The Morgan fingerprint density at radius 1 is 1.48 bits per heavy atom. The van der Waals surface area contributed by atoms with E-state index in [4.69, 9.17) is 4.74 Å². The van der Waals surface area contributed by atoms with Gasteiger partial charge in [-0.2, -0.15) is 5.10 Å². The van der Waals surface area contributed by atoms with Gasteiger partial charge in [0.15, 0.2) is 0 Å². The Morgan fingerprint density at radius 2 is 2.35 bits per heavy atom. The molecule has 1 aliphatic rings. The molecule has 3 rings (SSSR count). The molecule has 1 amide bonds. The molecular weight excluding hydrogens is 312 g/mol. The standard InChI is InChI=1S/C16H22N4O2S/c1-12-11-22-13(2)8-19(12)10-16(21)18-15-5-6-17-20(15)9-14-4-3-7-23-14/h3-7,12-13H,8-11H2,1-2H3,(H,18,21)/t12-,13-/m0/s1. The second-order valence-corrected chi connectivity index (χ2v) is 6.96. The monoisotopic (exact) mass is 334 g/mol. The third-order valence-electron chi connectivity index (χ3n) is 3.95. The van der Waals surface area contributed by atoms with Crippen molar-refractivity contribution in [3.8, 4) is 0 Å². The summed E-state index contributed by atoms with van der Waals surface area (Å²) in [6.45, 7) is 6.62. The molecule has 7 heteroatoms. The predicted octanol–water partition coefficient (Wildman–Crippen LogP) is 2.04. The molecule has 1 N–H and O–H groups in total. The molecule has 23 heavy (non-hydrogen) atoms. The van der Waals surface area contributed by atoms with Gasteiger partial charge in [0.05, 0.1) is 32.0 Å². The van der Waals surface area contributed by atoms with E-state index in [9.17, 15) is 4.79 Å². The molecule has 0 bridgehead atoms. The van der Waals surface area contributed by atoms with Crippen molar-refractivity contribution in [2.45, 2.75) is 32.5 Å². The van der Waals surface area contributed by atoms with E-state index in [-0.39, 0.29) is 18.1 Å². The number of nitrogens with zero attached hydrogens (tertiary/aromatic N) is 3. The number of rotatable bonds is 5. The van der Waals surface area contributed by atoms with Crippen LogP contribution >= 0.6 is 11.3 Å². The maximum absolute atomic E-state index is 12.4. The lowest BCUT2D eigenvalue weighted by Crippen LogP contribution is -2.50. The number of hydrogen-bond acceptors (Lipinski definition) is 5. The molecule has 0 radical (unpaired) electrons. The molecule has 2 atom stereocenters. The van der Waals surface area contributed by atoms with Crippen LogP contribution in [0.15, 0.2) is 29.8 Å². The van der Waals surface area contributed by atoms with Crippen LogP contribution in [-0.2, 0) is 16.1 Å². The summed E-state index contributed by atoms with van der Waals surface area (Å²) in [5.41, 5.74) is 0. The number of carbonyl (C=O) groups is 1. The Hall–Kier alpha value is -1.70. The Labute approximate surface area is 140 Å². The van der Waals surface area contributed by atoms with Gasteiger partial charge in [-0.15, -0.1) is 11.3 Å². The van der Waals surface area contributed by atoms with E-state index in [0.29, 0.717) is 19.7 Å². The van der Waals surface area contributed by atoms with E-state index >= 15 is 0 Å². The van der Waals surface area contributed by atoms with Crippen molar-refractivity contribution in [2.24, 2.45) is 0 Å². The highest BCUT2D eigenvalue weighted by molar-refractivity contribution is 7.09. The predicted molar refractivity (Wildman–Crippen MR) is 90.7 cm³/mol. The molecule has 124 valence electrons. The molecule has 0 spiro atoms. The van der Waals surface area contributed by atoms with Crippen LogP contribution in [0, 0.1) is 0 Å². The van der Waals surface area contributed by atoms with Crippen LogP contribution in [0.5, 0.6) is 0 Å². The number of aromatic nitrogens is 2. The largest absolute Gasteiger partial charge is 0.376 e. The average Bonchev–Trinajstić information content (AvgIpc) is 3.16. The first-order valence-electron chi connectivity index (χ1n) is 7.81. The molecule has 2 aromatic heterocycles. The number of carbonyl (C=O) groups excluding carboxylic acids is 1. The van der Waals surface area contributed by atoms with Crippen molar-refractivity contribution in [1.82, 2.24) is 14.7 Å². The van der Waals surface area contributed by atoms with E-state index in [1.807, 2.05) is 29.1 Å². The second kappa shape index (κ2) is 7.25. The van der Waals surface area contributed by atoms with Gasteiger partial charge in [-0.25, -0.2) is 4.68 Å². The van der Waals surface area contributed by atoms with Crippen LogP contribution in [0.1, 0.15) is 18.7 Å². The zero-order valence-electron chi connectivity index (χ0n) is 13.4. The lowest BCUT2D eigenvalue weighted by Gasteiger charge is -2.36. The molecule has 1 aliphatic heterocycles. The molecule has 0 aromatic carbocycles. The highest BCUT2D eigenvalue weighted by Crippen LogP contribution is 2.15. The van der Waals surface area contributed by atoms with E-state index in [1.165, 1.54) is 4.88 Å². The third kappa shape index (κ3) is 4.19. The fourth-order valence-corrected chi connectivity index (χ4v) is 3.36. The van der Waals surface area contributed by atoms with Crippen LogP contribution in [0.25, 0.3) is 0 Å². The fraction of sp³-hybridized carbons (Fsp3) is 0.500. The fourth-order valence-electron chi connectivity index (χ4n) is 2.67. The number of ether oxygens (including phenoxy) is 1. The number of hydrogen-bond donors (Lipinski definition) is 1. The van der Waals surface area contributed by atoms with E-state index in [0.717, 1.165) is 12.4 Å². The van der Waals surface area contributed by atoms with Gasteiger partial charge in [0, 0.05) is 23.5 Å². The van der Waals surface area contributed by atoms with Crippen molar-refractivity contribution in [3.05, 3.63) is 34.7 Å². The average molecular weight is 334 g/mol. The Kier molecular flexibility index (Phi) is 5.09. The van der Waals surface area contributed by atoms with Crippen LogP contribution < -0.4 is 5.32 Å². The van der Waals surface area contributed by atoms with Gasteiger partial charge in [-0.05, 0) is 25.3 Å². The second-order valence-electron chi connectivity index (χ2n) is 5.92. The smallest absolute Gasteiger partial charge is 0.239 e. The Bertz CT molecular complexity index is 640. The van der Waals surface area contributed by atoms with Gasteiger partial charge < -0.3 is 10.1 Å². The lowest BCUT2D eigenvalue weighted by atomic mass is 10.2. The number of nitrogens with one attached hydrogen (secondary N) is 1. The van der Waals surface area contributed by atoms with Crippen LogP contribution in [0.3, 0.4) is 0 Å². The van der Waals surface area contributed by atoms with Gasteiger partial charge >= 0.3 is 0 Å². The van der Waals surface area contributed by atoms with Gasteiger partial charge in [-0.1, -0.05) is 6.07 Å². The Balaban J connectivity index is 1.59. The van der Waals surface area contributed by atoms with E-state index in [2.05, 4.69) is 28.3 Å². The van der Waals surface area contributed by atoms with Crippen molar-refractivity contribution in [2.75, 3.05) is 25.0 Å². The van der Waals surface area contributed by atoms with Crippen LogP contribution in [0.2, 0.25) is 0 Å². The topological polar surface area (TPSA) is 59.4 Å². The minimum Gasteiger partial charge on any atom is -0.376 e. The maximum atomic E-state index is 12.4. The van der Waals surface area contributed by atoms with Gasteiger partial charge in [0.2, 0.25) is 5.91 Å². The minimum atomic E-state index is -0.0149. The summed E-state index contributed by atoms with van der Waals surface area (Å²) in [6.07, 6.45) is 1.88. The van der Waals surface area contributed by atoms with Crippen molar-refractivity contribution >= 4 is 23.1 Å². The summed E-state index contributed by atoms with van der Waals surface area (Å²) in [4.78, 5) is 15.7. The molecule has 0 aliphatic carbocycles. The first-order chi connectivity index (χ1) is 11.1. The Morgan fingerprint density at radius 3 is 3.13 bits per heavy atom. The van der Waals surface area contributed by atoms with Crippen LogP contribution in [-0.4, -0.2) is 52.4 Å². The molecule has 1 fully saturated rings. The summed E-state index contributed by atoms with van der Waals surface area (Å²) in [7, 11) is 0. The number of morpholine rings is 1. The summed E-state index contributed by atoms with van der Waals surface area (Å²) >= 11 is 1.68. The molecule has 2 aromatic rings. The first kappa shape index (κ1) is 16.2. The number of anilines is 1. The minimum absolute atomic E-state index is 0.0149. The van der Waals surface area contributed by atoms with Gasteiger partial charge in [-0.3, -0.25) is 9.69 Å². The molecule has 0 unspecified atom stereocenters. The highest BCUT2D eigenvalue weighted by atomic mass is 32.1. The lowest BCUT2D eigenvalue weighted by molar-refractivity contribution is -0.121. The van der Waals surface area contributed by atoms with Crippen molar-refractivity contribution in [1.29, 1.82) is 0 Å². The quantitative estimate of drug-likeness (QED) is 0.909. The van der Waals surface area contributed by atoms with E-state index < -0.39 is 0 Å². The number of thiophene rings is 1. The maximum Gasteiger partial charge on any atom is 0.239 e. The summed E-state index contributed by atoms with van der Waals surface area (Å²) in [6, 6.07) is 6.17. The highest BCUT2D eigenvalue weighted by Gasteiger charge is 2.25. The normalized spacial score (nSPS) is 22.2. The zero-order valence-corrected chi connectivity index (χ0v) is 14.3. The third-order valence-corrected chi connectivity index (χ3v) is 4.81. The first-order valence-corrected chi connectivity index (χ1v) is 8.69.